The number of carboxylic acid groups (broad SMARTS) is 2. The first kappa shape index (κ1) is 30.2. The molecule has 1 atom stereocenters. The number of hydrogen-bond donors (Lipinski definition) is 3. The first-order chi connectivity index (χ1) is 16.4. The van der Waals surface area contributed by atoms with Crippen molar-refractivity contribution in [1.29, 1.82) is 0 Å². The molecular weight excluding hydrogens is 514 g/mol. The molecule has 1 aromatic rings. The van der Waals surface area contributed by atoms with Gasteiger partial charge in [0.15, 0.2) is 5.66 Å². The summed E-state index contributed by atoms with van der Waals surface area (Å²) in [4.78, 5) is 30.6. The number of amides is 2. The van der Waals surface area contributed by atoms with Crippen molar-refractivity contribution in [2.24, 2.45) is 5.41 Å². The molecule has 0 fully saturated rings. The molecule has 0 spiro atoms. The third-order valence-electron chi connectivity index (χ3n) is 6.00. The van der Waals surface area contributed by atoms with Gasteiger partial charge in [-0.1, -0.05) is 45.0 Å². The number of alkyl halides is 6. The zero-order chi connectivity index (χ0) is 29.2. The maximum Gasteiger partial charge on any atom is 0.430 e. The molecule has 2 rings (SSSR count). The van der Waals surface area contributed by atoms with Crippen molar-refractivity contribution in [3.63, 3.8) is 0 Å². The lowest BCUT2D eigenvalue weighted by atomic mass is 9.71. The second kappa shape index (κ2) is 8.79. The smallest absolute Gasteiger partial charge is 0.430 e. The van der Waals surface area contributed by atoms with Gasteiger partial charge < -0.3 is 20.2 Å². The minimum Gasteiger partial charge on any atom is -0.464 e. The molecule has 3 N–H and O–H groups in total. The molecule has 1 heterocycles. The monoisotopic (exact) mass is 542 g/mol. The van der Waals surface area contributed by atoms with Crippen LogP contribution in [0.2, 0.25) is 0 Å². The molecule has 0 bridgehead atoms. The van der Waals surface area contributed by atoms with Gasteiger partial charge >= 0.3 is 24.5 Å². The number of hydroxylamine groups is 2. The average Bonchev–Trinajstić information content (AvgIpc) is 2.99. The highest BCUT2D eigenvalue weighted by molar-refractivity contribution is 5.92. The number of imide groups is 1. The van der Waals surface area contributed by atoms with Crippen LogP contribution in [0.1, 0.15) is 59.6 Å². The average molecular weight is 542 g/mol. The van der Waals surface area contributed by atoms with Gasteiger partial charge in [-0.15, -0.1) is 5.06 Å². The highest BCUT2D eigenvalue weighted by Crippen LogP contribution is 2.57. The third kappa shape index (κ3) is 4.49. The molecule has 2 amide bonds. The highest BCUT2D eigenvalue weighted by atomic mass is 19.4. The van der Waals surface area contributed by atoms with E-state index in [1.165, 1.54) is 27.7 Å². The topological polar surface area (TPSA) is 111 Å². The fraction of sp³-hybridized carbons (Fsp3) is 0.565. The Kier molecular flexibility index (Phi) is 7.18. The minimum atomic E-state index is -6.11. The largest absolute Gasteiger partial charge is 0.464 e. The highest BCUT2D eigenvalue weighted by Gasteiger charge is 2.71. The van der Waals surface area contributed by atoms with E-state index >= 15 is 0 Å². The van der Waals surface area contributed by atoms with Crippen LogP contribution in [0, 0.1) is 5.41 Å². The normalized spacial score (nSPS) is 20.2. The molecule has 0 aromatic heterocycles. The first-order valence-electron chi connectivity index (χ1n) is 10.8. The van der Waals surface area contributed by atoms with Gasteiger partial charge in [0.1, 0.15) is 5.76 Å². The Hall–Kier alpha value is -3.00. The SMILES string of the molecule is CC1=C(c2ccc(C(O)(C(F)(F)F)C(F)(F)F)cc2)C(N(C(=O)O)C(=O)O)(C(C)(C)C)N(C(C)(C)C)O1. The lowest BCUT2D eigenvalue weighted by Crippen LogP contribution is -2.71. The van der Waals surface area contributed by atoms with E-state index in [1.807, 2.05) is 0 Å². The van der Waals surface area contributed by atoms with Crippen LogP contribution in [-0.4, -0.2) is 61.0 Å². The number of hydrogen-bond acceptors (Lipinski definition) is 5. The molecule has 0 saturated carbocycles. The number of nitrogens with zero attached hydrogens (tertiary/aromatic N) is 2. The van der Waals surface area contributed by atoms with Gasteiger partial charge in [-0.05, 0) is 33.3 Å². The lowest BCUT2D eigenvalue weighted by Gasteiger charge is -2.54. The van der Waals surface area contributed by atoms with Crippen molar-refractivity contribution in [3.05, 3.63) is 41.2 Å². The molecule has 0 radical (unpaired) electrons. The predicted octanol–water partition coefficient (Wildman–Crippen LogP) is 6.18. The Bertz CT molecular complexity index is 1070. The van der Waals surface area contributed by atoms with E-state index in [1.54, 1.807) is 20.8 Å². The van der Waals surface area contributed by atoms with Crippen LogP contribution in [-0.2, 0) is 10.4 Å². The molecule has 1 unspecified atom stereocenters. The summed E-state index contributed by atoms with van der Waals surface area (Å²) in [6.07, 6.45) is -16.0. The van der Waals surface area contributed by atoms with E-state index in [0.29, 0.717) is 12.1 Å². The molecule has 0 saturated heterocycles. The molecule has 208 valence electrons. The number of rotatable bonds is 3. The number of benzene rings is 1. The molecule has 1 aromatic carbocycles. The maximum absolute atomic E-state index is 13.4. The third-order valence-corrected chi connectivity index (χ3v) is 6.00. The van der Waals surface area contributed by atoms with E-state index in [0.717, 1.165) is 17.2 Å². The molecule has 1 aliphatic heterocycles. The standard InChI is InChI=1S/C23H28F6N2O6/c1-12-15(13-8-10-14(11-9-13)20(36,22(24,25)26)23(27,28)29)21(18(2,3)4,30(16(32)33)17(34)35)31(37-12)19(5,6)7/h8-11,36H,1-7H3,(H,32,33)(H,34,35). The Morgan fingerprint density at radius 1 is 0.865 bits per heavy atom. The van der Waals surface area contributed by atoms with E-state index < -0.39 is 52.3 Å². The van der Waals surface area contributed by atoms with Crippen molar-refractivity contribution in [3.8, 4) is 0 Å². The van der Waals surface area contributed by atoms with Crippen LogP contribution in [0.4, 0.5) is 35.9 Å². The Morgan fingerprint density at radius 3 is 1.57 bits per heavy atom. The number of aliphatic hydroxyl groups is 1. The lowest BCUT2D eigenvalue weighted by molar-refractivity contribution is -0.376. The quantitative estimate of drug-likeness (QED) is 0.392. The zero-order valence-corrected chi connectivity index (χ0v) is 21.0. The van der Waals surface area contributed by atoms with Gasteiger partial charge in [0.05, 0.1) is 5.54 Å². The second-order valence-electron chi connectivity index (χ2n) is 10.6. The van der Waals surface area contributed by atoms with Crippen LogP contribution in [0.25, 0.3) is 5.57 Å². The van der Waals surface area contributed by atoms with Gasteiger partial charge in [-0.3, -0.25) is 0 Å². The Morgan fingerprint density at radius 2 is 1.27 bits per heavy atom. The van der Waals surface area contributed by atoms with Crippen LogP contribution in [0.15, 0.2) is 30.0 Å². The van der Waals surface area contributed by atoms with Crippen LogP contribution in [0.3, 0.4) is 0 Å². The molecular formula is C23H28F6N2O6. The molecule has 1 aliphatic rings. The summed E-state index contributed by atoms with van der Waals surface area (Å²) >= 11 is 0. The summed E-state index contributed by atoms with van der Waals surface area (Å²) in [5.74, 6) is -0.0352. The van der Waals surface area contributed by atoms with E-state index in [-0.39, 0.29) is 21.8 Å². The van der Waals surface area contributed by atoms with Gasteiger partial charge in [0, 0.05) is 16.6 Å². The molecule has 14 heteroatoms. The molecule has 37 heavy (non-hydrogen) atoms. The number of halogens is 6. The second-order valence-corrected chi connectivity index (χ2v) is 10.6. The van der Waals surface area contributed by atoms with Gasteiger partial charge in [-0.2, -0.15) is 31.2 Å². The number of carbonyl (C=O) groups is 2. The van der Waals surface area contributed by atoms with Crippen molar-refractivity contribution in [1.82, 2.24) is 9.96 Å². The van der Waals surface area contributed by atoms with Crippen LogP contribution in [0.5, 0.6) is 0 Å². The summed E-state index contributed by atoms with van der Waals surface area (Å²) in [7, 11) is 0. The summed E-state index contributed by atoms with van der Waals surface area (Å²) in [6, 6.07) is 2.42. The Labute approximate surface area is 208 Å². The van der Waals surface area contributed by atoms with Gasteiger partial charge in [0.2, 0.25) is 0 Å². The zero-order valence-electron chi connectivity index (χ0n) is 21.0. The van der Waals surface area contributed by atoms with Crippen molar-refractivity contribution in [2.75, 3.05) is 0 Å². The summed E-state index contributed by atoms with van der Waals surface area (Å²) < 4.78 is 80.1. The summed E-state index contributed by atoms with van der Waals surface area (Å²) in [6.45, 7) is 10.7. The van der Waals surface area contributed by atoms with E-state index in [2.05, 4.69) is 0 Å². The van der Waals surface area contributed by atoms with Gasteiger partial charge in [0.25, 0.3) is 5.60 Å². The summed E-state index contributed by atoms with van der Waals surface area (Å²) in [5, 5.41) is 30.8. The van der Waals surface area contributed by atoms with Crippen LogP contribution >= 0.6 is 0 Å². The van der Waals surface area contributed by atoms with Crippen molar-refractivity contribution < 1.29 is 56.1 Å². The van der Waals surface area contributed by atoms with Gasteiger partial charge in [-0.25, -0.2) is 9.59 Å². The first-order valence-corrected chi connectivity index (χ1v) is 10.8. The molecule has 8 nitrogen and oxygen atoms in total. The maximum atomic E-state index is 13.4. The van der Waals surface area contributed by atoms with E-state index in [9.17, 15) is 51.3 Å². The van der Waals surface area contributed by atoms with Crippen LogP contribution < -0.4 is 0 Å². The number of allylic oxidation sites excluding steroid dienone is 1. The Balaban J connectivity index is 2.95. The summed E-state index contributed by atoms with van der Waals surface area (Å²) in [5.41, 5.74) is -11.5. The molecule has 0 aliphatic carbocycles. The fourth-order valence-electron chi connectivity index (χ4n) is 4.56. The fourth-order valence-corrected chi connectivity index (χ4v) is 4.56. The predicted molar refractivity (Wildman–Crippen MR) is 118 cm³/mol. The van der Waals surface area contributed by atoms with Crippen molar-refractivity contribution >= 4 is 17.8 Å². The minimum absolute atomic E-state index is 0.0352. The van der Waals surface area contributed by atoms with Crippen molar-refractivity contribution in [2.45, 2.75) is 77.6 Å². The van der Waals surface area contributed by atoms with E-state index in [4.69, 9.17) is 4.84 Å².